The SMILES string of the molecule is Cc1ccc(S(=O)(=O)n2nc(C(=O)OC(C)(C)C)c3c2CC(OS(=O)(=O)C(F)(F)F)C3)cc1. The normalized spacial score (nSPS) is 17.1. The van der Waals surface area contributed by atoms with Gasteiger partial charge in [0.1, 0.15) is 5.60 Å². The Morgan fingerprint density at radius 2 is 1.64 bits per heavy atom. The minimum absolute atomic E-state index is 0.0534. The van der Waals surface area contributed by atoms with Crippen molar-refractivity contribution in [2.45, 2.75) is 62.6 Å². The molecule has 9 nitrogen and oxygen atoms in total. The fourth-order valence-corrected chi connectivity index (χ4v) is 5.14. The minimum atomic E-state index is -5.94. The molecule has 1 atom stereocenters. The van der Waals surface area contributed by atoms with Crippen LogP contribution in [-0.4, -0.2) is 49.2 Å². The number of nitrogens with zero attached hydrogens (tertiary/aromatic N) is 2. The number of carbonyl (C=O) groups excluding carboxylic acids is 1. The van der Waals surface area contributed by atoms with Gasteiger partial charge >= 0.3 is 21.6 Å². The van der Waals surface area contributed by atoms with Crippen molar-refractivity contribution in [2.75, 3.05) is 0 Å². The smallest absolute Gasteiger partial charge is 0.455 e. The highest BCUT2D eigenvalue weighted by atomic mass is 32.2. The van der Waals surface area contributed by atoms with Crippen molar-refractivity contribution in [3.63, 3.8) is 0 Å². The van der Waals surface area contributed by atoms with Crippen LogP contribution in [0.1, 0.15) is 48.1 Å². The number of fused-ring (bicyclic) bond motifs is 1. The van der Waals surface area contributed by atoms with E-state index in [9.17, 15) is 34.8 Å². The molecule has 1 aromatic carbocycles. The van der Waals surface area contributed by atoms with Gasteiger partial charge in [-0.05, 0) is 39.8 Å². The van der Waals surface area contributed by atoms with E-state index in [-0.39, 0.29) is 16.2 Å². The van der Waals surface area contributed by atoms with E-state index in [1.54, 1.807) is 27.7 Å². The second-order valence-corrected chi connectivity index (χ2v) is 11.8. The molecule has 0 spiro atoms. The molecule has 3 rings (SSSR count). The maximum absolute atomic E-state index is 13.2. The fraction of sp³-hybridized carbons (Fsp3) is 0.474. The Morgan fingerprint density at radius 3 is 2.15 bits per heavy atom. The lowest BCUT2D eigenvalue weighted by Gasteiger charge is -2.19. The molecule has 0 radical (unpaired) electrons. The summed E-state index contributed by atoms with van der Waals surface area (Å²) in [4.78, 5) is 12.5. The third-order valence-electron chi connectivity index (χ3n) is 4.59. The molecule has 1 aromatic heterocycles. The number of aromatic nitrogens is 2. The van der Waals surface area contributed by atoms with Crippen molar-refractivity contribution in [1.29, 1.82) is 0 Å². The molecule has 33 heavy (non-hydrogen) atoms. The molecular weight excluding hydrogens is 489 g/mol. The van der Waals surface area contributed by atoms with E-state index >= 15 is 0 Å². The second kappa shape index (κ2) is 8.09. The van der Waals surface area contributed by atoms with Crippen molar-refractivity contribution in [3.05, 3.63) is 46.8 Å². The van der Waals surface area contributed by atoms with Gasteiger partial charge < -0.3 is 4.74 Å². The number of hydrogen-bond donors (Lipinski definition) is 0. The minimum Gasteiger partial charge on any atom is -0.455 e. The molecule has 1 heterocycles. The average molecular weight is 511 g/mol. The molecule has 0 bridgehead atoms. The zero-order valence-corrected chi connectivity index (χ0v) is 19.6. The van der Waals surface area contributed by atoms with Gasteiger partial charge in [0, 0.05) is 18.4 Å². The zero-order chi connectivity index (χ0) is 25.0. The first kappa shape index (κ1) is 25.2. The third kappa shape index (κ3) is 5.06. The number of esters is 1. The van der Waals surface area contributed by atoms with E-state index in [2.05, 4.69) is 9.28 Å². The molecule has 182 valence electrons. The summed E-state index contributed by atoms with van der Waals surface area (Å²) in [6, 6.07) is 5.69. The first-order chi connectivity index (χ1) is 14.9. The molecule has 1 aliphatic rings. The first-order valence-electron chi connectivity index (χ1n) is 9.58. The number of carbonyl (C=O) groups is 1. The molecule has 0 aliphatic heterocycles. The lowest BCUT2D eigenvalue weighted by Crippen LogP contribution is -2.31. The standard InChI is InChI=1S/C19H21F3N2O7S2/c1-11-5-7-13(8-6-11)32(26,27)24-15-10-12(31-33(28,29)19(20,21)22)9-14(15)16(23-24)17(25)30-18(2,3)4/h5-8,12H,9-10H2,1-4H3. The van der Waals surface area contributed by atoms with Crippen LogP contribution < -0.4 is 0 Å². The number of aryl methyl sites for hydroxylation is 1. The monoisotopic (exact) mass is 510 g/mol. The van der Waals surface area contributed by atoms with E-state index in [1.807, 2.05) is 0 Å². The van der Waals surface area contributed by atoms with E-state index < -0.39 is 61.9 Å². The summed E-state index contributed by atoms with van der Waals surface area (Å²) in [6.45, 7) is 6.43. The summed E-state index contributed by atoms with van der Waals surface area (Å²) in [6.07, 6.45) is -2.60. The Hall–Kier alpha value is -2.45. The Kier molecular flexibility index (Phi) is 6.18. The second-order valence-electron chi connectivity index (χ2n) is 8.46. The van der Waals surface area contributed by atoms with Gasteiger partial charge in [-0.1, -0.05) is 17.7 Å². The Balaban J connectivity index is 2.08. The largest absolute Gasteiger partial charge is 0.523 e. The van der Waals surface area contributed by atoms with Gasteiger partial charge in [0.05, 0.1) is 16.7 Å². The molecule has 0 N–H and O–H groups in total. The number of hydrogen-bond acceptors (Lipinski definition) is 8. The van der Waals surface area contributed by atoms with Gasteiger partial charge in [-0.3, -0.25) is 4.18 Å². The predicted octanol–water partition coefficient (Wildman–Crippen LogP) is 2.72. The van der Waals surface area contributed by atoms with Crippen molar-refractivity contribution < 1.29 is 43.7 Å². The molecule has 2 aromatic rings. The van der Waals surface area contributed by atoms with Gasteiger partial charge in [-0.2, -0.15) is 34.1 Å². The summed E-state index contributed by atoms with van der Waals surface area (Å²) in [7, 11) is -10.3. The zero-order valence-electron chi connectivity index (χ0n) is 18.0. The molecular formula is C19H21F3N2O7S2. The average Bonchev–Trinajstić information content (AvgIpc) is 3.17. The van der Waals surface area contributed by atoms with Crippen LogP contribution in [0.2, 0.25) is 0 Å². The van der Waals surface area contributed by atoms with Crippen molar-refractivity contribution >= 4 is 26.1 Å². The van der Waals surface area contributed by atoms with Crippen LogP contribution in [0.15, 0.2) is 29.2 Å². The topological polar surface area (TPSA) is 122 Å². The fourth-order valence-electron chi connectivity index (χ4n) is 3.20. The van der Waals surface area contributed by atoms with Crippen molar-refractivity contribution in [1.82, 2.24) is 9.19 Å². The van der Waals surface area contributed by atoms with Crippen LogP contribution in [0, 0.1) is 6.92 Å². The Morgan fingerprint density at radius 1 is 1.06 bits per heavy atom. The number of halogens is 3. The highest BCUT2D eigenvalue weighted by Crippen LogP contribution is 2.34. The molecule has 1 aliphatic carbocycles. The van der Waals surface area contributed by atoms with E-state index in [1.165, 1.54) is 24.3 Å². The summed E-state index contributed by atoms with van der Waals surface area (Å²) in [5.41, 5.74) is -6.50. The number of rotatable bonds is 5. The van der Waals surface area contributed by atoms with Crippen molar-refractivity contribution in [2.24, 2.45) is 0 Å². The quantitative estimate of drug-likeness (QED) is 0.342. The van der Waals surface area contributed by atoms with Gasteiger partial charge in [0.25, 0.3) is 10.0 Å². The van der Waals surface area contributed by atoms with Gasteiger partial charge in [0.2, 0.25) is 0 Å². The molecule has 0 saturated carbocycles. The van der Waals surface area contributed by atoms with Crippen LogP contribution in [0.5, 0.6) is 0 Å². The van der Waals surface area contributed by atoms with Crippen LogP contribution in [0.3, 0.4) is 0 Å². The summed E-state index contributed by atoms with van der Waals surface area (Å²) in [5, 5.41) is 3.89. The lowest BCUT2D eigenvalue weighted by atomic mass is 10.1. The molecule has 14 heteroatoms. The predicted molar refractivity (Wildman–Crippen MR) is 108 cm³/mol. The number of alkyl halides is 3. The third-order valence-corrected chi connectivity index (χ3v) is 7.31. The van der Waals surface area contributed by atoms with Gasteiger partial charge in [0.15, 0.2) is 5.69 Å². The number of benzene rings is 1. The van der Waals surface area contributed by atoms with Crippen LogP contribution >= 0.6 is 0 Å². The maximum atomic E-state index is 13.2. The maximum Gasteiger partial charge on any atom is 0.523 e. The van der Waals surface area contributed by atoms with Gasteiger partial charge in [-0.25, -0.2) is 4.79 Å². The highest BCUT2D eigenvalue weighted by molar-refractivity contribution is 7.90. The van der Waals surface area contributed by atoms with Crippen LogP contribution in [0.25, 0.3) is 0 Å². The number of ether oxygens (including phenoxy) is 1. The summed E-state index contributed by atoms with van der Waals surface area (Å²) >= 11 is 0. The molecule has 0 fully saturated rings. The van der Waals surface area contributed by atoms with E-state index in [0.29, 0.717) is 4.09 Å². The van der Waals surface area contributed by atoms with E-state index in [4.69, 9.17) is 4.74 Å². The Labute approximate surface area is 188 Å². The molecule has 0 amide bonds. The van der Waals surface area contributed by atoms with Crippen LogP contribution in [0.4, 0.5) is 13.2 Å². The molecule has 0 saturated heterocycles. The highest BCUT2D eigenvalue weighted by Gasteiger charge is 2.50. The van der Waals surface area contributed by atoms with Crippen LogP contribution in [-0.2, 0) is 41.9 Å². The lowest BCUT2D eigenvalue weighted by molar-refractivity contribution is -0.0571. The van der Waals surface area contributed by atoms with E-state index in [0.717, 1.165) is 5.56 Å². The first-order valence-corrected chi connectivity index (χ1v) is 12.4. The van der Waals surface area contributed by atoms with Gasteiger partial charge in [-0.15, -0.1) is 5.10 Å². The van der Waals surface area contributed by atoms with Crippen molar-refractivity contribution in [3.8, 4) is 0 Å². The molecule has 1 unspecified atom stereocenters. The summed E-state index contributed by atoms with van der Waals surface area (Å²) in [5.74, 6) is -1.00. The Bertz CT molecular complexity index is 1290. The summed E-state index contributed by atoms with van der Waals surface area (Å²) < 4.78 is 97.6.